The topological polar surface area (TPSA) is 54.9 Å². The number of halogens is 1. The highest BCUT2D eigenvalue weighted by Crippen LogP contribution is 2.23. The summed E-state index contributed by atoms with van der Waals surface area (Å²) in [6.45, 7) is 0. The summed E-state index contributed by atoms with van der Waals surface area (Å²) in [5, 5.41) is 5.26. The molecule has 0 aliphatic heterocycles. The van der Waals surface area contributed by atoms with Gasteiger partial charge in [0.1, 0.15) is 5.69 Å². The minimum absolute atomic E-state index is 0.159. The van der Waals surface area contributed by atoms with Crippen LogP contribution in [0, 0.1) is 3.57 Å². The number of benzene rings is 1. The van der Waals surface area contributed by atoms with E-state index in [9.17, 15) is 4.79 Å². The summed E-state index contributed by atoms with van der Waals surface area (Å²) >= 11 is 3.59. The van der Waals surface area contributed by atoms with Gasteiger partial charge in [-0.3, -0.25) is 15.1 Å². The van der Waals surface area contributed by atoms with Crippen molar-refractivity contribution in [1.29, 1.82) is 0 Å². The van der Waals surface area contributed by atoms with Crippen LogP contribution in [0.5, 0.6) is 0 Å². The van der Waals surface area contributed by atoms with Gasteiger partial charge in [-0.15, -0.1) is 11.3 Å². The number of rotatable bonds is 3. The van der Waals surface area contributed by atoms with Gasteiger partial charge in [0.2, 0.25) is 0 Å². The summed E-state index contributed by atoms with van der Waals surface area (Å²) in [5.41, 5.74) is 2.17. The zero-order chi connectivity index (χ0) is 14.7. The van der Waals surface area contributed by atoms with Gasteiger partial charge in [-0.2, -0.15) is 0 Å². The Morgan fingerprint density at radius 1 is 1.10 bits per heavy atom. The largest absolute Gasteiger partial charge is 0.298 e. The third-order valence-corrected chi connectivity index (χ3v) is 4.24. The smallest absolute Gasteiger partial charge is 0.257 e. The molecular formula is C15H10IN3OS. The van der Waals surface area contributed by atoms with Gasteiger partial charge in [-0.1, -0.05) is 6.07 Å². The Bertz CT molecular complexity index is 756. The number of pyridine rings is 1. The molecule has 2 aromatic heterocycles. The first-order chi connectivity index (χ1) is 10.2. The van der Waals surface area contributed by atoms with E-state index in [1.54, 1.807) is 18.3 Å². The molecule has 0 bridgehead atoms. The average molecular weight is 407 g/mol. The van der Waals surface area contributed by atoms with E-state index < -0.39 is 0 Å². The molecule has 0 saturated heterocycles. The van der Waals surface area contributed by atoms with E-state index >= 15 is 0 Å². The quantitative estimate of drug-likeness (QED) is 0.667. The number of aromatic nitrogens is 2. The molecule has 104 valence electrons. The minimum Gasteiger partial charge on any atom is -0.298 e. The molecule has 1 N–H and O–H groups in total. The standard InChI is InChI=1S/C15H10IN3OS/c16-11-6-4-10(5-7-11)14(20)19-15-18-13(9-21-15)12-3-1-2-8-17-12/h1-9H,(H,18,19,20). The Kier molecular flexibility index (Phi) is 4.26. The third kappa shape index (κ3) is 3.45. The summed E-state index contributed by atoms with van der Waals surface area (Å²) in [4.78, 5) is 20.7. The summed E-state index contributed by atoms with van der Waals surface area (Å²) < 4.78 is 1.09. The molecule has 6 heteroatoms. The predicted molar refractivity (Wildman–Crippen MR) is 92.5 cm³/mol. The summed E-state index contributed by atoms with van der Waals surface area (Å²) in [6.07, 6.45) is 1.72. The van der Waals surface area contributed by atoms with Crippen LogP contribution in [-0.4, -0.2) is 15.9 Å². The molecule has 3 aromatic rings. The number of anilines is 1. The van der Waals surface area contributed by atoms with Crippen molar-refractivity contribution in [3.05, 3.63) is 63.2 Å². The first-order valence-corrected chi connectivity index (χ1v) is 8.12. The van der Waals surface area contributed by atoms with Crippen LogP contribution < -0.4 is 5.32 Å². The Hall–Kier alpha value is -1.80. The molecule has 0 aliphatic rings. The highest BCUT2D eigenvalue weighted by molar-refractivity contribution is 14.1. The highest BCUT2D eigenvalue weighted by atomic mass is 127. The molecule has 0 aliphatic carbocycles. The van der Waals surface area contributed by atoms with Crippen LogP contribution in [0.3, 0.4) is 0 Å². The number of carbonyl (C=O) groups excluding carboxylic acids is 1. The molecule has 0 spiro atoms. The van der Waals surface area contributed by atoms with Gasteiger partial charge in [0, 0.05) is 20.7 Å². The Morgan fingerprint density at radius 3 is 2.62 bits per heavy atom. The molecule has 0 radical (unpaired) electrons. The Morgan fingerprint density at radius 2 is 1.90 bits per heavy atom. The van der Waals surface area contributed by atoms with Crippen LogP contribution in [-0.2, 0) is 0 Å². The molecule has 0 unspecified atom stereocenters. The number of nitrogens with one attached hydrogen (secondary N) is 1. The Balaban J connectivity index is 1.75. The van der Waals surface area contributed by atoms with E-state index in [-0.39, 0.29) is 5.91 Å². The van der Waals surface area contributed by atoms with Gasteiger partial charge in [0.25, 0.3) is 5.91 Å². The second kappa shape index (κ2) is 6.31. The maximum atomic E-state index is 12.1. The number of amides is 1. The normalized spacial score (nSPS) is 10.3. The average Bonchev–Trinajstić information content (AvgIpc) is 2.97. The molecule has 4 nitrogen and oxygen atoms in total. The SMILES string of the molecule is O=C(Nc1nc(-c2ccccn2)cs1)c1ccc(I)cc1. The Labute approximate surface area is 139 Å². The molecule has 1 aromatic carbocycles. The maximum Gasteiger partial charge on any atom is 0.257 e. The molecule has 0 saturated carbocycles. The van der Waals surface area contributed by atoms with Crippen LogP contribution in [0.25, 0.3) is 11.4 Å². The van der Waals surface area contributed by atoms with Crippen molar-refractivity contribution in [2.24, 2.45) is 0 Å². The first-order valence-electron chi connectivity index (χ1n) is 6.16. The van der Waals surface area contributed by atoms with Crippen molar-refractivity contribution in [3.8, 4) is 11.4 Å². The van der Waals surface area contributed by atoms with E-state index in [1.165, 1.54) is 11.3 Å². The molecule has 2 heterocycles. The van der Waals surface area contributed by atoms with Crippen molar-refractivity contribution in [2.45, 2.75) is 0 Å². The molecule has 0 fully saturated rings. The summed E-state index contributed by atoms with van der Waals surface area (Å²) in [5.74, 6) is -0.159. The van der Waals surface area contributed by atoms with Gasteiger partial charge >= 0.3 is 0 Å². The van der Waals surface area contributed by atoms with E-state index in [0.717, 1.165) is 15.0 Å². The van der Waals surface area contributed by atoms with E-state index in [2.05, 4.69) is 37.9 Å². The lowest BCUT2D eigenvalue weighted by atomic mass is 10.2. The summed E-state index contributed by atoms with van der Waals surface area (Å²) in [6, 6.07) is 13.0. The number of carbonyl (C=O) groups is 1. The number of nitrogens with zero attached hydrogens (tertiary/aromatic N) is 2. The number of hydrogen-bond acceptors (Lipinski definition) is 4. The van der Waals surface area contributed by atoms with Crippen LogP contribution in [0.4, 0.5) is 5.13 Å². The fraction of sp³-hybridized carbons (Fsp3) is 0. The monoisotopic (exact) mass is 407 g/mol. The lowest BCUT2D eigenvalue weighted by Crippen LogP contribution is -2.11. The second-order valence-corrected chi connectivity index (χ2v) is 6.32. The van der Waals surface area contributed by atoms with Gasteiger partial charge in [-0.05, 0) is 59.0 Å². The van der Waals surface area contributed by atoms with Crippen LogP contribution in [0.15, 0.2) is 54.0 Å². The minimum atomic E-state index is -0.159. The van der Waals surface area contributed by atoms with Crippen LogP contribution >= 0.6 is 33.9 Å². The van der Waals surface area contributed by atoms with Crippen molar-refractivity contribution < 1.29 is 4.79 Å². The molecule has 21 heavy (non-hydrogen) atoms. The number of thiazole rings is 1. The van der Waals surface area contributed by atoms with Gasteiger partial charge in [-0.25, -0.2) is 4.98 Å². The van der Waals surface area contributed by atoms with Gasteiger partial charge < -0.3 is 0 Å². The maximum absolute atomic E-state index is 12.1. The van der Waals surface area contributed by atoms with Crippen molar-refractivity contribution in [1.82, 2.24) is 9.97 Å². The van der Waals surface area contributed by atoms with Crippen molar-refractivity contribution in [3.63, 3.8) is 0 Å². The first kappa shape index (κ1) is 14.2. The van der Waals surface area contributed by atoms with E-state index in [4.69, 9.17) is 0 Å². The summed E-state index contributed by atoms with van der Waals surface area (Å²) in [7, 11) is 0. The predicted octanol–water partition coefficient (Wildman–Crippen LogP) is 4.06. The van der Waals surface area contributed by atoms with Crippen molar-refractivity contribution in [2.75, 3.05) is 5.32 Å². The zero-order valence-corrected chi connectivity index (χ0v) is 13.8. The van der Waals surface area contributed by atoms with E-state index in [0.29, 0.717) is 10.7 Å². The van der Waals surface area contributed by atoms with Crippen LogP contribution in [0.1, 0.15) is 10.4 Å². The fourth-order valence-corrected chi connectivity index (χ4v) is 2.79. The lowest BCUT2D eigenvalue weighted by Gasteiger charge is -2.01. The van der Waals surface area contributed by atoms with Crippen LogP contribution in [0.2, 0.25) is 0 Å². The molecular weight excluding hydrogens is 397 g/mol. The molecule has 1 amide bonds. The van der Waals surface area contributed by atoms with E-state index in [1.807, 2.05) is 35.7 Å². The van der Waals surface area contributed by atoms with Crippen molar-refractivity contribution >= 4 is 45.0 Å². The van der Waals surface area contributed by atoms with Gasteiger partial charge in [0.05, 0.1) is 5.69 Å². The number of hydrogen-bond donors (Lipinski definition) is 1. The third-order valence-electron chi connectivity index (χ3n) is 2.76. The molecule has 0 atom stereocenters. The van der Waals surface area contributed by atoms with Gasteiger partial charge in [0.15, 0.2) is 5.13 Å². The second-order valence-electron chi connectivity index (χ2n) is 4.21. The highest BCUT2D eigenvalue weighted by Gasteiger charge is 2.10. The molecule has 3 rings (SSSR count). The zero-order valence-electron chi connectivity index (χ0n) is 10.8. The lowest BCUT2D eigenvalue weighted by molar-refractivity contribution is 0.102. The fourth-order valence-electron chi connectivity index (χ4n) is 1.73.